The first-order valence-electron chi connectivity index (χ1n) is 3.95. The molecule has 66 valence electrons. The summed E-state index contributed by atoms with van der Waals surface area (Å²) in [4.78, 5) is 0. The normalized spacial score (nSPS) is 10.1. The monoisotopic (exact) mass is 166 g/mol. The van der Waals surface area contributed by atoms with Gasteiger partial charge in [-0.05, 0) is 17.7 Å². The van der Waals surface area contributed by atoms with Crippen LogP contribution in [0.2, 0.25) is 0 Å². The minimum Gasteiger partial charge on any atom is -0.399 e. The van der Waals surface area contributed by atoms with Crippen LogP contribution in [0.5, 0.6) is 0 Å². The summed E-state index contributed by atoms with van der Waals surface area (Å²) in [5.74, 6) is 0. The van der Waals surface area contributed by atoms with Crippen LogP contribution in [0.25, 0.3) is 0 Å². The van der Waals surface area contributed by atoms with Crippen molar-refractivity contribution in [2.75, 3.05) is 18.9 Å². The molecule has 0 aromatic heterocycles. The van der Waals surface area contributed by atoms with Crippen LogP contribution in [0.3, 0.4) is 0 Å². The molecule has 0 heterocycles. The van der Waals surface area contributed by atoms with Gasteiger partial charge in [-0.1, -0.05) is 12.1 Å². The largest absolute Gasteiger partial charge is 0.399 e. The third-order valence-corrected chi connectivity index (χ3v) is 1.48. The Labute approximate surface area is 72.3 Å². The molecule has 0 unspecified atom stereocenters. The number of hydrogen-bond donors (Lipinski definition) is 2. The molecule has 0 fully saturated rings. The first kappa shape index (κ1) is 9.03. The van der Waals surface area contributed by atoms with E-state index in [0.29, 0.717) is 19.8 Å². The molecule has 4 N–H and O–H groups in total. The lowest BCUT2D eigenvalue weighted by atomic mass is 10.2. The van der Waals surface area contributed by atoms with Crippen molar-refractivity contribution in [3.8, 4) is 0 Å². The zero-order chi connectivity index (χ0) is 8.81. The van der Waals surface area contributed by atoms with Crippen LogP contribution in [-0.2, 0) is 11.3 Å². The summed E-state index contributed by atoms with van der Waals surface area (Å²) in [5, 5.41) is 0. The van der Waals surface area contributed by atoms with E-state index in [1.807, 2.05) is 24.3 Å². The van der Waals surface area contributed by atoms with Crippen LogP contribution < -0.4 is 11.5 Å². The second-order valence-corrected chi connectivity index (χ2v) is 2.59. The molecule has 0 aliphatic rings. The van der Waals surface area contributed by atoms with Crippen molar-refractivity contribution in [3.63, 3.8) is 0 Å². The molecular weight excluding hydrogens is 152 g/mol. The summed E-state index contributed by atoms with van der Waals surface area (Å²) in [6, 6.07) is 7.65. The van der Waals surface area contributed by atoms with Gasteiger partial charge in [0.2, 0.25) is 0 Å². The highest BCUT2D eigenvalue weighted by molar-refractivity contribution is 5.40. The molecule has 0 saturated heterocycles. The molecular formula is C9H14N2O. The van der Waals surface area contributed by atoms with Gasteiger partial charge in [-0.25, -0.2) is 0 Å². The van der Waals surface area contributed by atoms with E-state index in [1.54, 1.807) is 0 Å². The van der Waals surface area contributed by atoms with Gasteiger partial charge in [-0.3, -0.25) is 0 Å². The first-order chi connectivity index (χ1) is 5.83. The lowest BCUT2D eigenvalue weighted by molar-refractivity contribution is 0.128. The molecule has 1 aromatic rings. The Morgan fingerprint density at radius 3 is 2.83 bits per heavy atom. The van der Waals surface area contributed by atoms with Gasteiger partial charge >= 0.3 is 0 Å². The van der Waals surface area contributed by atoms with Crippen LogP contribution in [-0.4, -0.2) is 13.2 Å². The number of anilines is 1. The van der Waals surface area contributed by atoms with Gasteiger partial charge in [0.25, 0.3) is 0 Å². The van der Waals surface area contributed by atoms with E-state index >= 15 is 0 Å². The highest BCUT2D eigenvalue weighted by Gasteiger charge is 1.92. The molecule has 0 aliphatic carbocycles. The fourth-order valence-corrected chi connectivity index (χ4v) is 0.956. The Balaban J connectivity index is 2.41. The van der Waals surface area contributed by atoms with Crippen LogP contribution in [0.15, 0.2) is 24.3 Å². The molecule has 0 bridgehead atoms. The van der Waals surface area contributed by atoms with E-state index in [9.17, 15) is 0 Å². The maximum Gasteiger partial charge on any atom is 0.0718 e. The van der Waals surface area contributed by atoms with Gasteiger partial charge in [0.05, 0.1) is 13.2 Å². The highest BCUT2D eigenvalue weighted by Crippen LogP contribution is 2.07. The molecule has 0 saturated carbocycles. The molecule has 0 amide bonds. The Kier molecular flexibility index (Phi) is 3.57. The molecule has 1 aromatic carbocycles. The average molecular weight is 166 g/mol. The predicted molar refractivity (Wildman–Crippen MR) is 49.6 cm³/mol. The van der Waals surface area contributed by atoms with E-state index in [-0.39, 0.29) is 0 Å². The molecule has 0 atom stereocenters. The molecule has 3 nitrogen and oxygen atoms in total. The van der Waals surface area contributed by atoms with Gasteiger partial charge in [0.15, 0.2) is 0 Å². The van der Waals surface area contributed by atoms with Gasteiger partial charge in [0, 0.05) is 12.2 Å². The van der Waals surface area contributed by atoms with Crippen molar-refractivity contribution in [2.24, 2.45) is 5.73 Å². The second-order valence-electron chi connectivity index (χ2n) is 2.59. The number of nitrogens with two attached hydrogens (primary N) is 2. The number of ether oxygens (including phenoxy) is 1. The fraction of sp³-hybridized carbons (Fsp3) is 0.333. The smallest absolute Gasteiger partial charge is 0.0718 e. The molecule has 0 radical (unpaired) electrons. The van der Waals surface area contributed by atoms with Gasteiger partial charge in [-0.15, -0.1) is 0 Å². The van der Waals surface area contributed by atoms with E-state index in [0.717, 1.165) is 11.3 Å². The Morgan fingerprint density at radius 1 is 1.33 bits per heavy atom. The summed E-state index contributed by atoms with van der Waals surface area (Å²) >= 11 is 0. The standard InChI is InChI=1S/C9H14N2O/c10-4-5-12-7-8-2-1-3-9(11)6-8/h1-3,6H,4-5,7,10-11H2. The predicted octanol–water partition coefficient (Wildman–Crippen LogP) is 0.744. The summed E-state index contributed by atoms with van der Waals surface area (Å²) in [6.45, 7) is 1.74. The Bertz CT molecular complexity index is 238. The second kappa shape index (κ2) is 4.74. The van der Waals surface area contributed by atoms with Crippen LogP contribution in [0.1, 0.15) is 5.56 Å². The first-order valence-corrected chi connectivity index (χ1v) is 3.95. The van der Waals surface area contributed by atoms with Crippen molar-refractivity contribution < 1.29 is 4.74 Å². The van der Waals surface area contributed by atoms with Crippen LogP contribution in [0, 0.1) is 0 Å². The molecule has 1 rings (SSSR count). The van der Waals surface area contributed by atoms with E-state index in [4.69, 9.17) is 16.2 Å². The van der Waals surface area contributed by atoms with E-state index < -0.39 is 0 Å². The van der Waals surface area contributed by atoms with Crippen molar-refractivity contribution in [2.45, 2.75) is 6.61 Å². The molecule has 0 aliphatic heterocycles. The maximum atomic E-state index is 5.58. The zero-order valence-corrected chi connectivity index (χ0v) is 6.99. The van der Waals surface area contributed by atoms with E-state index in [1.165, 1.54) is 0 Å². The number of benzene rings is 1. The topological polar surface area (TPSA) is 61.3 Å². The van der Waals surface area contributed by atoms with Gasteiger partial charge in [-0.2, -0.15) is 0 Å². The van der Waals surface area contributed by atoms with Crippen molar-refractivity contribution in [1.82, 2.24) is 0 Å². The minimum atomic E-state index is 0.558. The van der Waals surface area contributed by atoms with Crippen LogP contribution in [0.4, 0.5) is 5.69 Å². The van der Waals surface area contributed by atoms with Gasteiger partial charge < -0.3 is 16.2 Å². The number of rotatable bonds is 4. The molecule has 0 spiro atoms. The van der Waals surface area contributed by atoms with E-state index in [2.05, 4.69) is 0 Å². The fourth-order valence-electron chi connectivity index (χ4n) is 0.956. The molecule has 3 heteroatoms. The third kappa shape index (κ3) is 2.90. The lowest BCUT2D eigenvalue weighted by Gasteiger charge is -2.02. The maximum absolute atomic E-state index is 5.58. The summed E-state index contributed by atoms with van der Waals surface area (Å²) in [7, 11) is 0. The minimum absolute atomic E-state index is 0.558. The van der Waals surface area contributed by atoms with Crippen molar-refractivity contribution in [3.05, 3.63) is 29.8 Å². The average Bonchev–Trinajstić information content (AvgIpc) is 2.05. The van der Waals surface area contributed by atoms with Crippen molar-refractivity contribution >= 4 is 5.69 Å². The zero-order valence-electron chi connectivity index (χ0n) is 6.99. The Hall–Kier alpha value is -1.06. The highest BCUT2D eigenvalue weighted by atomic mass is 16.5. The Morgan fingerprint density at radius 2 is 2.17 bits per heavy atom. The SMILES string of the molecule is NCCOCc1cccc(N)c1. The summed E-state index contributed by atoms with van der Waals surface area (Å²) in [6.07, 6.45) is 0. The van der Waals surface area contributed by atoms with Crippen LogP contribution >= 0.6 is 0 Å². The van der Waals surface area contributed by atoms with Gasteiger partial charge in [0.1, 0.15) is 0 Å². The lowest BCUT2D eigenvalue weighted by Crippen LogP contribution is -2.08. The van der Waals surface area contributed by atoms with Crippen molar-refractivity contribution in [1.29, 1.82) is 0 Å². The molecule has 12 heavy (non-hydrogen) atoms. The summed E-state index contributed by atoms with van der Waals surface area (Å²) < 4.78 is 5.24. The number of nitrogen functional groups attached to an aromatic ring is 1. The number of hydrogen-bond acceptors (Lipinski definition) is 3. The summed E-state index contributed by atoms with van der Waals surface area (Å²) in [5.41, 5.74) is 12.7. The third-order valence-electron chi connectivity index (χ3n) is 1.48. The quantitative estimate of drug-likeness (QED) is 0.512.